The van der Waals surface area contributed by atoms with Gasteiger partial charge in [0, 0.05) is 29.5 Å². The first-order valence-corrected chi connectivity index (χ1v) is 6.69. The summed E-state index contributed by atoms with van der Waals surface area (Å²) in [5.41, 5.74) is 13.9. The molecule has 2 aromatic carbocycles. The Labute approximate surface area is 123 Å². The van der Waals surface area contributed by atoms with Crippen LogP contribution >= 0.6 is 0 Å². The van der Waals surface area contributed by atoms with E-state index in [0.29, 0.717) is 24.4 Å². The van der Waals surface area contributed by atoms with Gasteiger partial charge in [-0.3, -0.25) is 4.79 Å². The molecule has 2 rings (SSSR count). The van der Waals surface area contributed by atoms with Gasteiger partial charge in [0.25, 0.3) is 0 Å². The van der Waals surface area contributed by atoms with Crippen LogP contribution in [0.5, 0.6) is 5.75 Å². The van der Waals surface area contributed by atoms with Crippen LogP contribution in [0, 0.1) is 6.92 Å². The Morgan fingerprint density at radius 2 is 2.05 bits per heavy atom. The minimum atomic E-state index is -0.413. The summed E-state index contributed by atoms with van der Waals surface area (Å²) < 4.78 is 5.58. The fourth-order valence-corrected chi connectivity index (χ4v) is 2.02. The molecule has 0 aromatic heterocycles. The number of anilines is 2. The van der Waals surface area contributed by atoms with Gasteiger partial charge in [0.1, 0.15) is 12.4 Å². The second-order valence-electron chi connectivity index (χ2n) is 4.74. The van der Waals surface area contributed by atoms with Crippen molar-refractivity contribution in [3.05, 3.63) is 53.6 Å². The Bertz CT molecular complexity index is 641. The molecule has 1 amide bonds. The summed E-state index contributed by atoms with van der Waals surface area (Å²) in [6.45, 7) is 3.01. The Morgan fingerprint density at radius 1 is 1.24 bits per heavy atom. The van der Waals surface area contributed by atoms with Gasteiger partial charge in [-0.05, 0) is 42.8 Å². The Kier molecular flexibility index (Phi) is 4.66. The van der Waals surface area contributed by atoms with E-state index in [4.69, 9.17) is 16.2 Å². The zero-order valence-electron chi connectivity index (χ0n) is 11.9. The molecule has 5 heteroatoms. The fraction of sp³-hybridized carbons (Fsp3) is 0.188. The van der Waals surface area contributed by atoms with Gasteiger partial charge in [-0.15, -0.1) is 0 Å². The van der Waals surface area contributed by atoms with Crippen molar-refractivity contribution in [2.75, 3.05) is 24.2 Å². The second kappa shape index (κ2) is 6.65. The molecule has 0 spiro atoms. The zero-order chi connectivity index (χ0) is 15.2. The average molecular weight is 285 g/mol. The number of benzene rings is 2. The highest BCUT2D eigenvalue weighted by Gasteiger charge is 2.04. The molecule has 21 heavy (non-hydrogen) atoms. The molecular weight excluding hydrogens is 266 g/mol. The van der Waals surface area contributed by atoms with Crippen LogP contribution in [-0.4, -0.2) is 19.1 Å². The van der Waals surface area contributed by atoms with E-state index in [-0.39, 0.29) is 0 Å². The van der Waals surface area contributed by atoms with Gasteiger partial charge in [-0.2, -0.15) is 0 Å². The van der Waals surface area contributed by atoms with E-state index in [9.17, 15) is 4.79 Å². The van der Waals surface area contributed by atoms with Crippen LogP contribution in [0.15, 0.2) is 42.5 Å². The number of hydrogen-bond donors (Lipinski definition) is 3. The molecular formula is C16H19N3O2. The minimum Gasteiger partial charge on any atom is -0.492 e. The van der Waals surface area contributed by atoms with Crippen LogP contribution in [0.3, 0.4) is 0 Å². The van der Waals surface area contributed by atoms with E-state index in [1.54, 1.807) is 12.1 Å². The molecule has 0 bridgehead atoms. The largest absolute Gasteiger partial charge is 0.492 e. The maximum atomic E-state index is 11.1. The van der Waals surface area contributed by atoms with Crippen LogP contribution in [-0.2, 0) is 0 Å². The quantitative estimate of drug-likeness (QED) is 0.560. The number of nitrogen functional groups attached to an aromatic ring is 1. The molecule has 0 aliphatic carbocycles. The lowest BCUT2D eigenvalue weighted by Gasteiger charge is -2.10. The summed E-state index contributed by atoms with van der Waals surface area (Å²) in [5, 5.41) is 3.23. The van der Waals surface area contributed by atoms with Crippen molar-refractivity contribution in [1.29, 1.82) is 0 Å². The molecule has 0 radical (unpaired) electrons. The Morgan fingerprint density at radius 3 is 2.71 bits per heavy atom. The fourth-order valence-electron chi connectivity index (χ4n) is 2.02. The second-order valence-corrected chi connectivity index (χ2v) is 4.74. The van der Waals surface area contributed by atoms with E-state index < -0.39 is 5.91 Å². The van der Waals surface area contributed by atoms with Crippen LogP contribution in [0.25, 0.3) is 0 Å². The van der Waals surface area contributed by atoms with Gasteiger partial charge in [0.15, 0.2) is 0 Å². The maximum Gasteiger partial charge on any atom is 0.248 e. The van der Waals surface area contributed by atoms with E-state index in [1.165, 1.54) is 0 Å². The number of primary amides is 1. The van der Waals surface area contributed by atoms with E-state index >= 15 is 0 Å². The topological polar surface area (TPSA) is 90.4 Å². The van der Waals surface area contributed by atoms with Crippen molar-refractivity contribution >= 4 is 17.3 Å². The molecule has 0 saturated carbocycles. The summed E-state index contributed by atoms with van der Waals surface area (Å²) in [6.07, 6.45) is 0. The molecule has 0 saturated heterocycles. The van der Waals surface area contributed by atoms with Gasteiger partial charge >= 0.3 is 0 Å². The standard InChI is InChI=1S/C16H19N3O2/c1-11-9-13(5-6-15(11)16(18)20)19-7-8-21-14-4-2-3-12(17)10-14/h2-6,9-10,19H,7-8,17H2,1H3,(H2,18,20). The molecule has 0 heterocycles. The highest BCUT2D eigenvalue weighted by Crippen LogP contribution is 2.16. The number of ether oxygens (including phenoxy) is 1. The van der Waals surface area contributed by atoms with Crippen molar-refractivity contribution in [2.24, 2.45) is 5.73 Å². The third kappa shape index (κ3) is 4.14. The van der Waals surface area contributed by atoms with E-state index in [0.717, 1.165) is 17.0 Å². The van der Waals surface area contributed by atoms with Gasteiger partial charge in [-0.25, -0.2) is 0 Å². The number of aryl methyl sites for hydroxylation is 1. The van der Waals surface area contributed by atoms with Crippen LogP contribution in [0.1, 0.15) is 15.9 Å². The summed E-state index contributed by atoms with van der Waals surface area (Å²) in [7, 11) is 0. The predicted molar refractivity (Wildman–Crippen MR) is 84.5 cm³/mol. The van der Waals surface area contributed by atoms with Crippen LogP contribution in [0.4, 0.5) is 11.4 Å². The molecule has 2 aromatic rings. The Hall–Kier alpha value is -2.69. The first kappa shape index (κ1) is 14.7. The number of amides is 1. The van der Waals surface area contributed by atoms with Crippen molar-refractivity contribution in [2.45, 2.75) is 6.92 Å². The number of hydrogen-bond acceptors (Lipinski definition) is 4. The van der Waals surface area contributed by atoms with Gasteiger partial charge in [0.05, 0.1) is 0 Å². The van der Waals surface area contributed by atoms with Crippen molar-refractivity contribution in [3.63, 3.8) is 0 Å². The van der Waals surface area contributed by atoms with Gasteiger partial charge in [-0.1, -0.05) is 6.07 Å². The number of nitrogens with one attached hydrogen (secondary N) is 1. The number of carbonyl (C=O) groups excluding carboxylic acids is 1. The molecule has 0 unspecified atom stereocenters. The lowest BCUT2D eigenvalue weighted by atomic mass is 10.1. The van der Waals surface area contributed by atoms with Crippen molar-refractivity contribution in [1.82, 2.24) is 0 Å². The molecule has 0 aliphatic heterocycles. The minimum absolute atomic E-state index is 0.413. The molecule has 110 valence electrons. The Balaban J connectivity index is 1.84. The SMILES string of the molecule is Cc1cc(NCCOc2cccc(N)c2)ccc1C(N)=O. The normalized spacial score (nSPS) is 10.1. The van der Waals surface area contributed by atoms with Crippen LogP contribution in [0.2, 0.25) is 0 Å². The number of rotatable bonds is 6. The lowest BCUT2D eigenvalue weighted by molar-refractivity contribution is 0.1000. The summed E-state index contributed by atoms with van der Waals surface area (Å²) >= 11 is 0. The summed E-state index contributed by atoms with van der Waals surface area (Å²) in [5.74, 6) is 0.334. The highest BCUT2D eigenvalue weighted by molar-refractivity contribution is 5.94. The summed E-state index contributed by atoms with van der Waals surface area (Å²) in [6, 6.07) is 12.7. The third-order valence-corrected chi connectivity index (χ3v) is 3.05. The van der Waals surface area contributed by atoms with Crippen molar-refractivity contribution < 1.29 is 9.53 Å². The maximum absolute atomic E-state index is 11.1. The predicted octanol–water partition coefficient (Wildman–Crippen LogP) is 2.17. The zero-order valence-corrected chi connectivity index (χ0v) is 11.9. The summed E-state index contributed by atoms with van der Waals surface area (Å²) in [4.78, 5) is 11.1. The smallest absolute Gasteiger partial charge is 0.248 e. The molecule has 5 N–H and O–H groups in total. The average Bonchev–Trinajstić information content (AvgIpc) is 2.43. The molecule has 0 aliphatic rings. The van der Waals surface area contributed by atoms with E-state index in [1.807, 2.05) is 37.3 Å². The van der Waals surface area contributed by atoms with Crippen LogP contribution < -0.4 is 21.5 Å². The number of nitrogens with two attached hydrogens (primary N) is 2. The van der Waals surface area contributed by atoms with Gasteiger partial charge < -0.3 is 21.5 Å². The lowest BCUT2D eigenvalue weighted by Crippen LogP contribution is -2.14. The third-order valence-electron chi connectivity index (χ3n) is 3.05. The molecule has 0 atom stereocenters. The molecule has 0 fully saturated rings. The first-order chi connectivity index (χ1) is 10.1. The highest BCUT2D eigenvalue weighted by atomic mass is 16.5. The van der Waals surface area contributed by atoms with E-state index in [2.05, 4.69) is 5.32 Å². The van der Waals surface area contributed by atoms with Crippen molar-refractivity contribution in [3.8, 4) is 5.75 Å². The number of carbonyl (C=O) groups is 1. The molecule has 5 nitrogen and oxygen atoms in total. The van der Waals surface area contributed by atoms with Gasteiger partial charge in [0.2, 0.25) is 5.91 Å². The first-order valence-electron chi connectivity index (χ1n) is 6.69. The monoisotopic (exact) mass is 285 g/mol.